The molecule has 8 nitrogen and oxygen atoms in total. The number of nitrogens with zero attached hydrogens (tertiary/aromatic N) is 3. The molecule has 2 aromatic heterocycles. The molecule has 2 aromatic carbocycles. The van der Waals surface area contributed by atoms with Crippen molar-refractivity contribution in [2.24, 2.45) is 5.92 Å². The van der Waals surface area contributed by atoms with Gasteiger partial charge in [-0.1, -0.05) is 29.5 Å². The minimum atomic E-state index is -0.278. The number of thiophene rings is 1. The molecule has 1 atom stereocenters. The first-order valence-corrected chi connectivity index (χ1v) is 13.2. The Hall–Kier alpha value is -3.95. The van der Waals surface area contributed by atoms with E-state index in [0.717, 1.165) is 52.3 Å². The lowest BCUT2D eigenvalue weighted by Gasteiger charge is -2.31. The van der Waals surface area contributed by atoms with Crippen LogP contribution in [0.2, 0.25) is 0 Å². The van der Waals surface area contributed by atoms with Crippen molar-refractivity contribution in [1.82, 2.24) is 10.3 Å². The number of carbonyl (C=O) groups is 2. The van der Waals surface area contributed by atoms with Gasteiger partial charge in [-0.15, -0.1) is 0 Å². The van der Waals surface area contributed by atoms with Crippen LogP contribution in [-0.4, -0.2) is 37.1 Å². The second-order valence-corrected chi connectivity index (χ2v) is 10.3. The Morgan fingerprint density at radius 1 is 1.14 bits per heavy atom. The minimum absolute atomic E-state index is 0.0538. The summed E-state index contributed by atoms with van der Waals surface area (Å²) in [6.45, 7) is 3.58. The maximum Gasteiger partial charge on any atom is 0.331 e. The van der Waals surface area contributed by atoms with E-state index in [4.69, 9.17) is 4.74 Å². The summed E-state index contributed by atoms with van der Waals surface area (Å²) in [6, 6.07) is 16.8. The zero-order valence-electron chi connectivity index (χ0n) is 20.7. The average Bonchev–Trinajstić information content (AvgIpc) is 3.29. The fraction of sp³-hybridized carbons (Fsp3) is 0.250. The van der Waals surface area contributed by atoms with E-state index < -0.39 is 0 Å². The highest BCUT2D eigenvalue weighted by molar-refractivity contribution is 7.23. The van der Waals surface area contributed by atoms with Crippen LogP contribution in [-0.2, 0) is 4.79 Å². The van der Waals surface area contributed by atoms with E-state index >= 15 is 0 Å². The van der Waals surface area contributed by atoms with Gasteiger partial charge in [-0.3, -0.25) is 9.69 Å². The van der Waals surface area contributed by atoms with Gasteiger partial charge in [0, 0.05) is 19.8 Å². The van der Waals surface area contributed by atoms with Crippen LogP contribution in [0, 0.1) is 12.8 Å². The molecule has 1 fully saturated rings. The standard InChI is InChI=1S/C28H27N5O3S/c1-17-15-20(36-19-8-4-3-5-9-19)10-11-21(17)33-22-12-14-30-25-23(22)24(31-28(33)35)27(37-25)32(2)26(34)18-7-6-13-29-16-18/h3-5,8-12,14-15,18,29H,6-7,13,16H2,1-2H3,(H,31,35). The third-order valence-electron chi connectivity index (χ3n) is 6.90. The number of nitrogens with one attached hydrogen (secondary N) is 2. The number of carbonyl (C=O) groups excluding carboxylic acids is 2. The number of urea groups is 1. The summed E-state index contributed by atoms with van der Waals surface area (Å²) in [5.41, 5.74) is 3.03. The number of para-hydroxylation sites is 1. The average molecular weight is 514 g/mol. The van der Waals surface area contributed by atoms with Crippen LogP contribution in [0.25, 0.3) is 10.2 Å². The number of aryl methyl sites for hydroxylation is 1. The molecule has 2 aliphatic rings. The molecule has 2 aliphatic heterocycles. The van der Waals surface area contributed by atoms with Gasteiger partial charge in [-0.25, -0.2) is 9.78 Å². The second kappa shape index (κ2) is 9.49. The molecular weight excluding hydrogens is 486 g/mol. The summed E-state index contributed by atoms with van der Waals surface area (Å²) in [4.78, 5) is 35.5. The zero-order valence-corrected chi connectivity index (χ0v) is 21.5. The number of hydrogen-bond donors (Lipinski definition) is 2. The number of amides is 3. The van der Waals surface area contributed by atoms with E-state index in [1.165, 1.54) is 11.3 Å². The van der Waals surface area contributed by atoms with E-state index in [2.05, 4.69) is 15.6 Å². The maximum absolute atomic E-state index is 13.5. The molecule has 0 bridgehead atoms. The first kappa shape index (κ1) is 23.4. The predicted octanol–water partition coefficient (Wildman–Crippen LogP) is 6.04. The second-order valence-electron chi connectivity index (χ2n) is 9.36. The molecule has 0 spiro atoms. The highest BCUT2D eigenvalue weighted by Crippen LogP contribution is 2.50. The number of ether oxygens (including phenoxy) is 1. The Kier molecular flexibility index (Phi) is 6.02. The van der Waals surface area contributed by atoms with Gasteiger partial charge in [-0.05, 0) is 68.3 Å². The summed E-state index contributed by atoms with van der Waals surface area (Å²) in [5, 5.41) is 7.92. The van der Waals surface area contributed by atoms with E-state index in [-0.39, 0.29) is 17.9 Å². The highest BCUT2D eigenvalue weighted by Gasteiger charge is 2.34. The molecule has 2 N–H and O–H groups in total. The molecule has 4 heterocycles. The predicted molar refractivity (Wildman–Crippen MR) is 147 cm³/mol. The third kappa shape index (κ3) is 4.20. The van der Waals surface area contributed by atoms with Crippen LogP contribution in [0.4, 0.5) is 26.9 Å². The molecule has 4 aromatic rings. The lowest BCUT2D eigenvalue weighted by Crippen LogP contribution is -2.41. The maximum atomic E-state index is 13.5. The van der Waals surface area contributed by atoms with Crippen LogP contribution in [0.5, 0.6) is 11.5 Å². The van der Waals surface area contributed by atoms with E-state index in [9.17, 15) is 9.59 Å². The van der Waals surface area contributed by atoms with Crippen molar-refractivity contribution in [2.75, 3.05) is 35.3 Å². The fourth-order valence-corrected chi connectivity index (χ4v) is 6.14. The van der Waals surface area contributed by atoms with Gasteiger partial charge in [0.25, 0.3) is 0 Å². The number of aromatic nitrogens is 1. The first-order valence-electron chi connectivity index (χ1n) is 12.4. The lowest BCUT2D eigenvalue weighted by molar-refractivity contribution is -0.122. The van der Waals surface area contributed by atoms with Gasteiger partial charge in [0.05, 0.1) is 28.4 Å². The third-order valence-corrected chi connectivity index (χ3v) is 8.07. The molecule has 3 amide bonds. The van der Waals surface area contributed by atoms with Crippen molar-refractivity contribution in [1.29, 1.82) is 0 Å². The van der Waals surface area contributed by atoms with Crippen molar-refractivity contribution in [3.8, 4) is 11.5 Å². The monoisotopic (exact) mass is 513 g/mol. The molecule has 9 heteroatoms. The van der Waals surface area contributed by atoms with E-state index in [1.54, 1.807) is 23.0 Å². The lowest BCUT2D eigenvalue weighted by atomic mass is 9.98. The van der Waals surface area contributed by atoms with Gasteiger partial charge < -0.3 is 20.3 Å². The molecule has 188 valence electrons. The summed E-state index contributed by atoms with van der Waals surface area (Å²) in [6.07, 6.45) is 3.56. The van der Waals surface area contributed by atoms with Crippen LogP contribution in [0.15, 0.2) is 60.8 Å². The molecule has 0 aliphatic carbocycles. The molecule has 0 radical (unpaired) electrons. The Morgan fingerprint density at radius 3 is 2.73 bits per heavy atom. The van der Waals surface area contributed by atoms with E-state index in [0.29, 0.717) is 23.0 Å². The van der Waals surface area contributed by atoms with Crippen molar-refractivity contribution < 1.29 is 14.3 Å². The Labute approximate surface area is 218 Å². The molecule has 0 saturated carbocycles. The highest BCUT2D eigenvalue weighted by atomic mass is 32.1. The van der Waals surface area contributed by atoms with Crippen molar-refractivity contribution in [3.63, 3.8) is 0 Å². The van der Waals surface area contributed by atoms with Crippen LogP contribution >= 0.6 is 11.3 Å². The normalized spacial score (nSPS) is 17.0. The number of piperidine rings is 1. The minimum Gasteiger partial charge on any atom is -0.457 e. The van der Waals surface area contributed by atoms with Crippen molar-refractivity contribution >= 4 is 55.6 Å². The number of pyridine rings is 1. The first-order chi connectivity index (χ1) is 18.0. The Bertz CT molecular complexity index is 1500. The number of anilines is 4. The summed E-state index contributed by atoms with van der Waals surface area (Å²) < 4.78 is 5.98. The SMILES string of the molecule is Cc1cc(Oc2ccccc2)ccc1N1C(=O)Nc2c(N(C)C(=O)C3CCCNC3)sc3nccc1c23. The number of hydrogen-bond acceptors (Lipinski definition) is 6. The topological polar surface area (TPSA) is 86.8 Å². The Balaban J connectivity index is 1.36. The van der Waals surface area contributed by atoms with Gasteiger partial charge in [0.1, 0.15) is 21.3 Å². The van der Waals surface area contributed by atoms with Crippen LogP contribution in [0.1, 0.15) is 18.4 Å². The molecule has 1 saturated heterocycles. The number of rotatable bonds is 5. The van der Waals surface area contributed by atoms with Crippen LogP contribution in [0.3, 0.4) is 0 Å². The molecular formula is C28H27N5O3S. The molecule has 6 rings (SSSR count). The van der Waals surface area contributed by atoms with Gasteiger partial charge >= 0.3 is 6.03 Å². The van der Waals surface area contributed by atoms with Crippen molar-refractivity contribution in [2.45, 2.75) is 19.8 Å². The summed E-state index contributed by atoms with van der Waals surface area (Å²) >= 11 is 1.42. The Morgan fingerprint density at radius 2 is 1.97 bits per heavy atom. The van der Waals surface area contributed by atoms with Crippen molar-refractivity contribution in [3.05, 3.63) is 66.4 Å². The van der Waals surface area contributed by atoms with E-state index in [1.807, 2.05) is 61.5 Å². The zero-order chi connectivity index (χ0) is 25.5. The largest absolute Gasteiger partial charge is 0.457 e. The number of benzene rings is 2. The van der Waals surface area contributed by atoms with Crippen LogP contribution < -0.4 is 25.2 Å². The smallest absolute Gasteiger partial charge is 0.331 e. The molecule has 1 unspecified atom stereocenters. The fourth-order valence-electron chi connectivity index (χ4n) is 5.05. The van der Waals surface area contributed by atoms with Gasteiger partial charge in [0.2, 0.25) is 5.91 Å². The van der Waals surface area contributed by atoms with Gasteiger partial charge in [-0.2, -0.15) is 0 Å². The summed E-state index contributed by atoms with van der Waals surface area (Å²) in [7, 11) is 1.78. The summed E-state index contributed by atoms with van der Waals surface area (Å²) in [5.74, 6) is 1.43. The quantitative estimate of drug-likeness (QED) is 0.340. The van der Waals surface area contributed by atoms with Gasteiger partial charge in [0.15, 0.2) is 0 Å². The molecule has 37 heavy (non-hydrogen) atoms.